The molecule has 0 saturated carbocycles. The lowest BCUT2D eigenvalue weighted by atomic mass is 10.1. The molecule has 0 aliphatic rings. The second kappa shape index (κ2) is 7.72. The molecule has 4 nitrogen and oxygen atoms in total. The Morgan fingerprint density at radius 1 is 0.958 bits per heavy atom. The SMILES string of the molecule is COc1ccc(CO/N=C(\C)c2ccc(OC(F)(F)F)cc2)cc1. The highest BCUT2D eigenvalue weighted by atomic mass is 19.4. The van der Waals surface area contributed by atoms with E-state index in [9.17, 15) is 13.2 Å². The number of halogens is 3. The molecule has 0 atom stereocenters. The molecular weight excluding hydrogens is 323 g/mol. The van der Waals surface area contributed by atoms with E-state index in [1.165, 1.54) is 24.3 Å². The van der Waals surface area contributed by atoms with Crippen molar-refractivity contribution in [2.24, 2.45) is 5.16 Å². The standard InChI is InChI=1S/C17H16F3NO3/c1-12(14-5-9-16(10-6-14)24-17(18,19)20)21-23-11-13-3-7-15(22-2)8-4-13/h3-10H,11H2,1-2H3/b21-12+. The largest absolute Gasteiger partial charge is 0.573 e. The topological polar surface area (TPSA) is 40.0 Å². The van der Waals surface area contributed by atoms with Gasteiger partial charge >= 0.3 is 6.36 Å². The van der Waals surface area contributed by atoms with Gasteiger partial charge in [-0.1, -0.05) is 17.3 Å². The molecule has 0 bridgehead atoms. The summed E-state index contributed by atoms with van der Waals surface area (Å²) in [7, 11) is 1.59. The minimum Gasteiger partial charge on any atom is -0.497 e. The Hall–Kier alpha value is -2.70. The lowest BCUT2D eigenvalue weighted by Crippen LogP contribution is -2.17. The zero-order valence-corrected chi connectivity index (χ0v) is 13.1. The van der Waals surface area contributed by atoms with Gasteiger partial charge in [-0.15, -0.1) is 13.2 Å². The molecule has 0 heterocycles. The van der Waals surface area contributed by atoms with Crippen LogP contribution in [0, 0.1) is 0 Å². The summed E-state index contributed by atoms with van der Waals surface area (Å²) in [5.41, 5.74) is 2.10. The van der Waals surface area contributed by atoms with E-state index < -0.39 is 6.36 Å². The average Bonchev–Trinajstić information content (AvgIpc) is 2.54. The number of rotatable bonds is 6. The Morgan fingerprint density at radius 3 is 2.08 bits per heavy atom. The van der Waals surface area contributed by atoms with Crippen molar-refractivity contribution in [1.29, 1.82) is 0 Å². The number of methoxy groups -OCH3 is 1. The van der Waals surface area contributed by atoms with Crippen LogP contribution in [-0.2, 0) is 11.4 Å². The Morgan fingerprint density at radius 2 is 1.54 bits per heavy atom. The molecular formula is C17H16F3NO3. The first-order valence-electron chi connectivity index (χ1n) is 7.03. The van der Waals surface area contributed by atoms with Crippen molar-refractivity contribution >= 4 is 5.71 Å². The maximum Gasteiger partial charge on any atom is 0.573 e. The first-order chi connectivity index (χ1) is 11.4. The number of benzene rings is 2. The molecule has 0 aliphatic carbocycles. The van der Waals surface area contributed by atoms with Gasteiger partial charge in [-0.3, -0.25) is 0 Å². The van der Waals surface area contributed by atoms with Crippen LogP contribution in [0.3, 0.4) is 0 Å². The molecule has 0 spiro atoms. The van der Waals surface area contributed by atoms with Gasteiger partial charge in [-0.05, 0) is 54.4 Å². The first-order valence-corrected chi connectivity index (χ1v) is 7.03. The van der Waals surface area contributed by atoms with E-state index in [0.29, 0.717) is 11.3 Å². The van der Waals surface area contributed by atoms with Crippen molar-refractivity contribution in [3.8, 4) is 11.5 Å². The van der Waals surface area contributed by atoms with Gasteiger partial charge in [0.15, 0.2) is 0 Å². The third kappa shape index (κ3) is 5.49. The van der Waals surface area contributed by atoms with Crippen molar-refractivity contribution in [2.45, 2.75) is 19.9 Å². The normalized spacial score (nSPS) is 12.0. The van der Waals surface area contributed by atoms with E-state index in [1.54, 1.807) is 14.0 Å². The zero-order chi connectivity index (χ0) is 17.6. The van der Waals surface area contributed by atoms with E-state index in [0.717, 1.165) is 11.3 Å². The molecule has 128 valence electrons. The summed E-state index contributed by atoms with van der Waals surface area (Å²) < 4.78 is 45.2. The monoisotopic (exact) mass is 339 g/mol. The highest BCUT2D eigenvalue weighted by Gasteiger charge is 2.30. The summed E-state index contributed by atoms with van der Waals surface area (Å²) in [5.74, 6) is 0.470. The third-order valence-electron chi connectivity index (χ3n) is 3.10. The molecule has 2 aromatic carbocycles. The Kier molecular flexibility index (Phi) is 5.68. The Balaban J connectivity index is 1.92. The fraction of sp³-hybridized carbons (Fsp3) is 0.235. The first kappa shape index (κ1) is 17.7. The van der Waals surface area contributed by atoms with Crippen molar-refractivity contribution in [3.63, 3.8) is 0 Å². The number of alkyl halides is 3. The quantitative estimate of drug-likeness (QED) is 0.573. The van der Waals surface area contributed by atoms with Crippen LogP contribution in [0.5, 0.6) is 11.5 Å². The van der Waals surface area contributed by atoms with Gasteiger partial charge < -0.3 is 14.3 Å². The van der Waals surface area contributed by atoms with E-state index >= 15 is 0 Å². The van der Waals surface area contributed by atoms with Gasteiger partial charge in [-0.2, -0.15) is 0 Å². The summed E-state index contributed by atoms with van der Waals surface area (Å²) in [6, 6.07) is 12.8. The van der Waals surface area contributed by atoms with Crippen LogP contribution in [0.25, 0.3) is 0 Å². The number of ether oxygens (including phenoxy) is 2. The molecule has 0 fully saturated rings. The van der Waals surface area contributed by atoms with Crippen LogP contribution in [0.2, 0.25) is 0 Å². The molecule has 2 aromatic rings. The lowest BCUT2D eigenvalue weighted by molar-refractivity contribution is -0.274. The maximum absolute atomic E-state index is 12.1. The second-order valence-electron chi connectivity index (χ2n) is 4.87. The molecule has 0 saturated heterocycles. The molecule has 0 radical (unpaired) electrons. The maximum atomic E-state index is 12.1. The van der Waals surface area contributed by atoms with Crippen LogP contribution >= 0.6 is 0 Å². The van der Waals surface area contributed by atoms with Crippen molar-refractivity contribution in [1.82, 2.24) is 0 Å². The predicted octanol–water partition coefficient (Wildman–Crippen LogP) is 4.53. The predicted molar refractivity (Wildman–Crippen MR) is 83.1 cm³/mol. The molecule has 0 unspecified atom stereocenters. The van der Waals surface area contributed by atoms with Gasteiger partial charge in [0.1, 0.15) is 18.1 Å². The number of hydrogen-bond donors (Lipinski definition) is 0. The van der Waals surface area contributed by atoms with Crippen LogP contribution in [-0.4, -0.2) is 19.2 Å². The van der Waals surface area contributed by atoms with Crippen LogP contribution in [0.15, 0.2) is 53.7 Å². The third-order valence-corrected chi connectivity index (χ3v) is 3.10. The summed E-state index contributed by atoms with van der Waals surface area (Å²) in [5, 5.41) is 3.96. The van der Waals surface area contributed by atoms with Gasteiger partial charge in [0, 0.05) is 0 Å². The van der Waals surface area contributed by atoms with E-state index in [-0.39, 0.29) is 12.4 Å². The van der Waals surface area contributed by atoms with Gasteiger partial charge in [-0.25, -0.2) is 0 Å². The Labute approximate surface area is 137 Å². The number of oxime groups is 1. The highest BCUT2D eigenvalue weighted by molar-refractivity contribution is 5.98. The molecule has 2 rings (SSSR count). The van der Waals surface area contributed by atoms with Crippen molar-refractivity contribution in [2.75, 3.05) is 7.11 Å². The molecule has 7 heteroatoms. The lowest BCUT2D eigenvalue weighted by Gasteiger charge is -2.09. The summed E-state index contributed by atoms with van der Waals surface area (Å²) in [4.78, 5) is 5.26. The van der Waals surface area contributed by atoms with Gasteiger partial charge in [0.05, 0.1) is 12.8 Å². The zero-order valence-electron chi connectivity index (χ0n) is 13.1. The summed E-state index contributed by atoms with van der Waals surface area (Å²) in [6.45, 7) is 1.98. The average molecular weight is 339 g/mol. The van der Waals surface area contributed by atoms with E-state index in [1.807, 2.05) is 24.3 Å². The minimum atomic E-state index is -4.70. The van der Waals surface area contributed by atoms with Gasteiger partial charge in [0.25, 0.3) is 0 Å². The highest BCUT2D eigenvalue weighted by Crippen LogP contribution is 2.23. The molecule has 0 aliphatic heterocycles. The van der Waals surface area contributed by atoms with Crippen LogP contribution in [0.4, 0.5) is 13.2 Å². The smallest absolute Gasteiger partial charge is 0.497 e. The van der Waals surface area contributed by atoms with Crippen LogP contribution in [0.1, 0.15) is 18.1 Å². The fourth-order valence-electron chi connectivity index (χ4n) is 1.88. The van der Waals surface area contributed by atoms with Crippen molar-refractivity contribution < 1.29 is 27.5 Å². The Bertz CT molecular complexity index is 680. The molecule has 0 N–H and O–H groups in total. The number of nitrogens with zero attached hydrogens (tertiary/aromatic N) is 1. The molecule has 0 amide bonds. The van der Waals surface area contributed by atoms with Crippen molar-refractivity contribution in [3.05, 3.63) is 59.7 Å². The molecule has 0 aromatic heterocycles. The van der Waals surface area contributed by atoms with Crippen LogP contribution < -0.4 is 9.47 Å². The summed E-state index contributed by atoms with van der Waals surface area (Å²) in [6.07, 6.45) is -4.70. The minimum absolute atomic E-state index is 0.274. The number of hydrogen-bond acceptors (Lipinski definition) is 4. The molecule has 24 heavy (non-hydrogen) atoms. The summed E-state index contributed by atoms with van der Waals surface area (Å²) >= 11 is 0. The van der Waals surface area contributed by atoms with E-state index in [4.69, 9.17) is 9.57 Å². The fourth-order valence-corrected chi connectivity index (χ4v) is 1.88. The van der Waals surface area contributed by atoms with E-state index in [2.05, 4.69) is 9.89 Å². The second-order valence-corrected chi connectivity index (χ2v) is 4.87. The van der Waals surface area contributed by atoms with Gasteiger partial charge in [0.2, 0.25) is 0 Å².